The van der Waals surface area contributed by atoms with Crippen LogP contribution in [0, 0.1) is 5.92 Å². The largest absolute Gasteiger partial charge is 0.406 e. The van der Waals surface area contributed by atoms with Crippen molar-refractivity contribution in [2.75, 3.05) is 6.54 Å². The van der Waals surface area contributed by atoms with E-state index >= 15 is 0 Å². The normalized spacial score (nSPS) is 38.5. The molecule has 1 saturated carbocycles. The van der Waals surface area contributed by atoms with Gasteiger partial charge in [-0.2, -0.15) is 13.2 Å². The van der Waals surface area contributed by atoms with Crippen LogP contribution in [0.3, 0.4) is 0 Å². The summed E-state index contributed by atoms with van der Waals surface area (Å²) in [5, 5.41) is 2.65. The van der Waals surface area contributed by atoms with Crippen molar-refractivity contribution in [2.24, 2.45) is 5.92 Å². The molecule has 5 heteroatoms. The first-order chi connectivity index (χ1) is 5.54. The topological polar surface area (TPSA) is 12.0 Å². The molecule has 2 rings (SSSR count). The molecule has 1 aliphatic heterocycles. The number of rotatable bonds is 0. The molecule has 0 aromatic rings. The van der Waals surface area contributed by atoms with Crippen molar-refractivity contribution in [3.63, 3.8) is 0 Å². The zero-order chi connectivity index (χ0) is 8.82. The first-order valence-corrected chi connectivity index (χ1v) is 4.35. The van der Waals surface area contributed by atoms with Gasteiger partial charge in [-0.15, -0.1) is 12.4 Å². The third kappa shape index (κ3) is 1.66. The van der Waals surface area contributed by atoms with Gasteiger partial charge in [-0.05, 0) is 31.7 Å². The lowest BCUT2D eigenvalue weighted by atomic mass is 9.80. The minimum atomic E-state index is -4.05. The number of hydrogen-bond acceptors (Lipinski definition) is 1. The SMILES string of the molecule is Cl.FC(F)(F)C12CCCC(CN1)C2. The summed E-state index contributed by atoms with van der Waals surface area (Å²) in [5.74, 6) is 0.264. The van der Waals surface area contributed by atoms with Crippen molar-refractivity contribution in [1.82, 2.24) is 5.32 Å². The Bertz CT molecular complexity index is 190. The molecule has 0 aromatic carbocycles. The van der Waals surface area contributed by atoms with E-state index in [1.165, 1.54) is 0 Å². The minimum absolute atomic E-state index is 0. The van der Waals surface area contributed by atoms with Gasteiger partial charge in [-0.3, -0.25) is 0 Å². The highest BCUT2D eigenvalue weighted by molar-refractivity contribution is 5.85. The van der Waals surface area contributed by atoms with E-state index < -0.39 is 11.7 Å². The Balaban J connectivity index is 0.000000845. The zero-order valence-electron chi connectivity index (χ0n) is 7.16. The molecule has 2 aliphatic rings. The fourth-order valence-corrected chi connectivity index (χ4v) is 2.42. The van der Waals surface area contributed by atoms with Gasteiger partial charge in [0.05, 0.1) is 0 Å². The highest BCUT2D eigenvalue weighted by atomic mass is 35.5. The van der Waals surface area contributed by atoms with Gasteiger partial charge in [0.2, 0.25) is 0 Å². The van der Waals surface area contributed by atoms with Crippen LogP contribution in [-0.2, 0) is 0 Å². The van der Waals surface area contributed by atoms with Crippen molar-refractivity contribution in [3.05, 3.63) is 0 Å². The van der Waals surface area contributed by atoms with Crippen molar-refractivity contribution >= 4 is 12.4 Å². The second-order valence-electron chi connectivity index (χ2n) is 3.92. The van der Waals surface area contributed by atoms with Crippen LogP contribution in [0.1, 0.15) is 25.7 Å². The summed E-state index contributed by atoms with van der Waals surface area (Å²) < 4.78 is 37.7. The van der Waals surface area contributed by atoms with E-state index in [0.29, 0.717) is 13.0 Å². The Morgan fingerprint density at radius 3 is 2.54 bits per heavy atom. The van der Waals surface area contributed by atoms with E-state index in [-0.39, 0.29) is 24.7 Å². The van der Waals surface area contributed by atoms with E-state index in [1.54, 1.807) is 0 Å². The number of alkyl halides is 3. The van der Waals surface area contributed by atoms with E-state index in [1.807, 2.05) is 0 Å². The van der Waals surface area contributed by atoms with Gasteiger partial charge in [0.1, 0.15) is 5.54 Å². The molecule has 1 N–H and O–H groups in total. The molecule has 0 amide bonds. The summed E-state index contributed by atoms with van der Waals surface area (Å²) in [5.41, 5.74) is -1.52. The first kappa shape index (κ1) is 11.1. The van der Waals surface area contributed by atoms with E-state index in [2.05, 4.69) is 5.32 Å². The second-order valence-corrected chi connectivity index (χ2v) is 3.92. The molecule has 1 heterocycles. The standard InChI is InChI=1S/C8H12F3N.ClH/c9-8(10,11)7-3-1-2-6(4-7)5-12-7;/h6,12H,1-5H2;1H. The van der Waals surface area contributed by atoms with Gasteiger partial charge < -0.3 is 5.32 Å². The van der Waals surface area contributed by atoms with Gasteiger partial charge in [0, 0.05) is 0 Å². The Morgan fingerprint density at radius 2 is 2.00 bits per heavy atom. The summed E-state index contributed by atoms with van der Waals surface area (Å²) in [7, 11) is 0. The Hall–Kier alpha value is 0.0400. The van der Waals surface area contributed by atoms with Crippen LogP contribution in [0.4, 0.5) is 13.2 Å². The third-order valence-electron chi connectivity index (χ3n) is 3.12. The molecular formula is C8H13ClF3N. The van der Waals surface area contributed by atoms with Crippen LogP contribution in [0.25, 0.3) is 0 Å². The van der Waals surface area contributed by atoms with Crippen molar-refractivity contribution in [3.8, 4) is 0 Å². The van der Waals surface area contributed by atoms with Crippen LogP contribution in [-0.4, -0.2) is 18.3 Å². The molecule has 1 saturated heterocycles. The summed E-state index contributed by atoms with van der Waals surface area (Å²) in [4.78, 5) is 0. The summed E-state index contributed by atoms with van der Waals surface area (Å²) >= 11 is 0. The maximum atomic E-state index is 12.6. The highest BCUT2D eigenvalue weighted by Crippen LogP contribution is 2.46. The molecular weight excluding hydrogens is 203 g/mol. The molecule has 0 aromatic heterocycles. The van der Waals surface area contributed by atoms with Gasteiger partial charge in [-0.25, -0.2) is 0 Å². The fraction of sp³-hybridized carbons (Fsp3) is 1.00. The second kappa shape index (κ2) is 3.31. The molecule has 78 valence electrons. The van der Waals surface area contributed by atoms with Gasteiger partial charge in [-0.1, -0.05) is 6.42 Å². The van der Waals surface area contributed by atoms with Crippen LogP contribution in [0.5, 0.6) is 0 Å². The van der Waals surface area contributed by atoms with E-state index in [0.717, 1.165) is 12.8 Å². The maximum absolute atomic E-state index is 12.6. The average Bonchev–Trinajstić information content (AvgIpc) is 2.27. The van der Waals surface area contributed by atoms with Crippen molar-refractivity contribution < 1.29 is 13.2 Å². The predicted octanol–water partition coefficient (Wildman–Crippen LogP) is 2.50. The van der Waals surface area contributed by atoms with Crippen LogP contribution >= 0.6 is 12.4 Å². The Kier molecular flexibility index (Phi) is 2.83. The number of halogens is 4. The molecule has 0 radical (unpaired) electrons. The minimum Gasteiger partial charge on any atom is -0.303 e. The van der Waals surface area contributed by atoms with E-state index in [9.17, 15) is 13.2 Å². The third-order valence-corrected chi connectivity index (χ3v) is 3.12. The molecule has 2 atom stereocenters. The lowest BCUT2D eigenvalue weighted by Crippen LogP contribution is -2.53. The van der Waals surface area contributed by atoms with Crippen LogP contribution < -0.4 is 5.32 Å². The number of fused-ring (bicyclic) bond motifs is 2. The molecule has 2 fully saturated rings. The molecule has 1 nitrogen and oxygen atoms in total. The fourth-order valence-electron chi connectivity index (χ4n) is 2.42. The van der Waals surface area contributed by atoms with Crippen molar-refractivity contribution in [1.29, 1.82) is 0 Å². The van der Waals surface area contributed by atoms with Gasteiger partial charge in [0.15, 0.2) is 0 Å². The molecule has 0 spiro atoms. The van der Waals surface area contributed by atoms with Crippen molar-refractivity contribution in [2.45, 2.75) is 37.4 Å². The number of hydrogen-bond donors (Lipinski definition) is 1. The summed E-state index contributed by atoms with van der Waals surface area (Å²) in [6, 6.07) is 0. The summed E-state index contributed by atoms with van der Waals surface area (Å²) in [6.07, 6.45) is -1.80. The smallest absolute Gasteiger partial charge is 0.303 e. The van der Waals surface area contributed by atoms with Gasteiger partial charge >= 0.3 is 6.18 Å². The molecule has 2 unspecified atom stereocenters. The molecule has 13 heavy (non-hydrogen) atoms. The molecule has 2 bridgehead atoms. The maximum Gasteiger partial charge on any atom is 0.406 e. The monoisotopic (exact) mass is 215 g/mol. The predicted molar refractivity (Wildman–Crippen MR) is 46.0 cm³/mol. The first-order valence-electron chi connectivity index (χ1n) is 4.35. The zero-order valence-corrected chi connectivity index (χ0v) is 7.97. The highest BCUT2D eigenvalue weighted by Gasteiger charge is 2.59. The summed E-state index contributed by atoms with van der Waals surface area (Å²) in [6.45, 7) is 0.555. The Morgan fingerprint density at radius 1 is 1.31 bits per heavy atom. The Labute approximate surface area is 81.5 Å². The van der Waals surface area contributed by atoms with Gasteiger partial charge in [0.25, 0.3) is 0 Å². The quantitative estimate of drug-likeness (QED) is 0.655. The van der Waals surface area contributed by atoms with Crippen LogP contribution in [0.2, 0.25) is 0 Å². The number of nitrogens with one attached hydrogen (secondary N) is 1. The lowest BCUT2D eigenvalue weighted by molar-refractivity contribution is -0.197. The lowest BCUT2D eigenvalue weighted by Gasteiger charge is -2.34. The van der Waals surface area contributed by atoms with E-state index in [4.69, 9.17) is 0 Å². The molecule has 1 aliphatic carbocycles. The average molecular weight is 216 g/mol. The van der Waals surface area contributed by atoms with Crippen LogP contribution in [0.15, 0.2) is 0 Å².